The number of nitrogens with one attached hydrogen (secondary N) is 2. The average molecular weight is 416 g/mol. The van der Waals surface area contributed by atoms with Gasteiger partial charge in [-0.2, -0.15) is 4.31 Å². The van der Waals surface area contributed by atoms with Gasteiger partial charge in [0.05, 0.1) is 11.4 Å². The fourth-order valence-corrected chi connectivity index (χ4v) is 5.33. The van der Waals surface area contributed by atoms with Crippen LogP contribution in [0.2, 0.25) is 0 Å². The van der Waals surface area contributed by atoms with Crippen molar-refractivity contribution in [1.29, 1.82) is 0 Å². The summed E-state index contributed by atoms with van der Waals surface area (Å²) in [6.45, 7) is 5.04. The van der Waals surface area contributed by atoms with E-state index in [2.05, 4.69) is 10.6 Å². The van der Waals surface area contributed by atoms with Crippen molar-refractivity contribution in [3.63, 3.8) is 0 Å². The summed E-state index contributed by atoms with van der Waals surface area (Å²) in [5.41, 5.74) is 3.21. The maximum absolute atomic E-state index is 13.0. The Morgan fingerprint density at radius 2 is 1.79 bits per heavy atom. The number of sulfonamides is 1. The molecule has 156 valence electrons. The summed E-state index contributed by atoms with van der Waals surface area (Å²) in [7, 11) is -3.52. The Kier molecular flexibility index (Phi) is 6.92. The minimum atomic E-state index is -3.52. The van der Waals surface area contributed by atoms with Crippen molar-refractivity contribution < 1.29 is 13.2 Å². The topological polar surface area (TPSA) is 78.5 Å². The van der Waals surface area contributed by atoms with Crippen LogP contribution in [0.25, 0.3) is 0 Å². The zero-order chi connectivity index (χ0) is 20.9. The van der Waals surface area contributed by atoms with Crippen LogP contribution in [0.4, 0.5) is 11.4 Å². The van der Waals surface area contributed by atoms with E-state index >= 15 is 0 Å². The Morgan fingerprint density at radius 3 is 2.52 bits per heavy atom. The first-order valence-electron chi connectivity index (χ1n) is 10.1. The molecule has 1 fully saturated rings. The third-order valence-electron chi connectivity index (χ3n) is 5.25. The van der Waals surface area contributed by atoms with E-state index in [0.29, 0.717) is 29.2 Å². The standard InChI is InChI=1S/C22H29N3O3S/c1-3-18-9-5-6-10-20(18)24-22(26)16-23-19-12-11-17(2)21(15-19)29(27,28)25-13-7-4-8-14-25/h5-6,9-12,15,23H,3-4,7-8,13-14,16H2,1-2H3,(H,24,26). The van der Waals surface area contributed by atoms with Crippen LogP contribution in [0.1, 0.15) is 37.3 Å². The molecule has 0 bridgehead atoms. The molecule has 2 N–H and O–H groups in total. The average Bonchev–Trinajstić information content (AvgIpc) is 2.74. The van der Waals surface area contributed by atoms with Crippen molar-refractivity contribution in [3.8, 4) is 0 Å². The number of nitrogens with zero attached hydrogens (tertiary/aromatic N) is 1. The highest BCUT2D eigenvalue weighted by Gasteiger charge is 2.27. The molecule has 1 saturated heterocycles. The maximum Gasteiger partial charge on any atom is 0.243 e. The molecule has 7 heteroatoms. The van der Waals surface area contributed by atoms with Gasteiger partial charge < -0.3 is 10.6 Å². The van der Waals surface area contributed by atoms with Gasteiger partial charge >= 0.3 is 0 Å². The molecule has 0 spiro atoms. The summed E-state index contributed by atoms with van der Waals surface area (Å²) in [6, 6.07) is 12.9. The highest BCUT2D eigenvalue weighted by molar-refractivity contribution is 7.89. The van der Waals surface area contributed by atoms with Gasteiger partial charge in [0.25, 0.3) is 0 Å². The molecule has 0 aromatic heterocycles. The number of piperidine rings is 1. The highest BCUT2D eigenvalue weighted by atomic mass is 32.2. The van der Waals surface area contributed by atoms with E-state index in [1.165, 1.54) is 0 Å². The van der Waals surface area contributed by atoms with Gasteiger partial charge in [0.1, 0.15) is 0 Å². The highest BCUT2D eigenvalue weighted by Crippen LogP contribution is 2.26. The number of carbonyl (C=O) groups excluding carboxylic acids is 1. The number of rotatable bonds is 7. The van der Waals surface area contributed by atoms with Crippen LogP contribution in [-0.4, -0.2) is 38.3 Å². The molecule has 0 unspecified atom stereocenters. The van der Waals surface area contributed by atoms with E-state index in [1.54, 1.807) is 29.4 Å². The lowest BCUT2D eigenvalue weighted by Crippen LogP contribution is -2.36. The molecular formula is C22H29N3O3S. The smallest absolute Gasteiger partial charge is 0.243 e. The summed E-state index contributed by atoms with van der Waals surface area (Å²) in [5, 5.41) is 5.96. The van der Waals surface area contributed by atoms with Gasteiger partial charge in [-0.05, 0) is 55.5 Å². The van der Waals surface area contributed by atoms with E-state index in [0.717, 1.165) is 36.9 Å². The van der Waals surface area contributed by atoms with Crippen molar-refractivity contribution in [2.24, 2.45) is 0 Å². The molecule has 0 aliphatic carbocycles. The van der Waals surface area contributed by atoms with Gasteiger partial charge in [-0.1, -0.05) is 37.6 Å². The lowest BCUT2D eigenvalue weighted by atomic mass is 10.1. The normalized spacial score (nSPS) is 15.1. The molecule has 2 aromatic rings. The van der Waals surface area contributed by atoms with Crippen LogP contribution in [-0.2, 0) is 21.2 Å². The second-order valence-electron chi connectivity index (χ2n) is 7.36. The van der Waals surface area contributed by atoms with E-state index < -0.39 is 10.0 Å². The summed E-state index contributed by atoms with van der Waals surface area (Å²) in [5.74, 6) is -0.174. The molecule has 1 amide bonds. The van der Waals surface area contributed by atoms with Crippen molar-refractivity contribution in [2.45, 2.75) is 44.4 Å². The van der Waals surface area contributed by atoms with Crippen LogP contribution in [0.3, 0.4) is 0 Å². The number of aryl methyl sites for hydroxylation is 2. The molecule has 6 nitrogen and oxygen atoms in total. The second kappa shape index (κ2) is 9.41. The van der Waals surface area contributed by atoms with Gasteiger partial charge in [0.15, 0.2) is 0 Å². The zero-order valence-electron chi connectivity index (χ0n) is 17.1. The van der Waals surface area contributed by atoms with E-state index in [9.17, 15) is 13.2 Å². The van der Waals surface area contributed by atoms with Crippen molar-refractivity contribution in [1.82, 2.24) is 4.31 Å². The maximum atomic E-state index is 13.0. The summed E-state index contributed by atoms with van der Waals surface area (Å²) < 4.78 is 27.6. The van der Waals surface area contributed by atoms with Gasteiger partial charge in [-0.15, -0.1) is 0 Å². The number of carbonyl (C=O) groups is 1. The summed E-state index contributed by atoms with van der Waals surface area (Å²) >= 11 is 0. The van der Waals surface area contributed by atoms with Gasteiger partial charge in [-0.25, -0.2) is 8.42 Å². The van der Waals surface area contributed by atoms with Gasteiger partial charge in [0, 0.05) is 24.5 Å². The first-order valence-corrected chi connectivity index (χ1v) is 11.6. The molecule has 1 heterocycles. The van der Waals surface area contributed by atoms with Crippen LogP contribution < -0.4 is 10.6 Å². The number of para-hydroxylation sites is 1. The minimum Gasteiger partial charge on any atom is -0.376 e. The monoisotopic (exact) mass is 415 g/mol. The third kappa shape index (κ3) is 5.16. The molecular weight excluding hydrogens is 386 g/mol. The first-order chi connectivity index (χ1) is 13.9. The molecule has 29 heavy (non-hydrogen) atoms. The number of hydrogen-bond acceptors (Lipinski definition) is 4. The molecule has 0 saturated carbocycles. The number of hydrogen-bond donors (Lipinski definition) is 2. The number of amides is 1. The number of anilines is 2. The number of benzene rings is 2. The Bertz CT molecular complexity index is 967. The fourth-order valence-electron chi connectivity index (χ4n) is 3.56. The SMILES string of the molecule is CCc1ccccc1NC(=O)CNc1ccc(C)c(S(=O)(=O)N2CCCCC2)c1. The molecule has 2 aromatic carbocycles. The second-order valence-corrected chi connectivity index (χ2v) is 9.26. The Hall–Kier alpha value is -2.38. The quantitative estimate of drug-likeness (QED) is 0.721. The van der Waals surface area contributed by atoms with Crippen molar-refractivity contribution in [2.75, 3.05) is 30.3 Å². The lowest BCUT2D eigenvalue weighted by Gasteiger charge is -2.26. The summed E-state index contributed by atoms with van der Waals surface area (Å²) in [6.07, 6.45) is 3.70. The van der Waals surface area contributed by atoms with E-state index in [1.807, 2.05) is 31.2 Å². The largest absolute Gasteiger partial charge is 0.376 e. The molecule has 1 aliphatic rings. The molecule has 0 atom stereocenters. The van der Waals surface area contributed by atoms with E-state index in [-0.39, 0.29) is 12.5 Å². The van der Waals surface area contributed by atoms with Gasteiger partial charge in [-0.3, -0.25) is 4.79 Å². The Labute approximate surface area is 173 Å². The predicted octanol–water partition coefficient (Wildman–Crippen LogP) is 3.78. The molecule has 0 radical (unpaired) electrons. The van der Waals surface area contributed by atoms with Crippen LogP contribution >= 0.6 is 0 Å². The van der Waals surface area contributed by atoms with Crippen LogP contribution in [0.15, 0.2) is 47.4 Å². The Morgan fingerprint density at radius 1 is 1.07 bits per heavy atom. The Balaban J connectivity index is 1.69. The first kappa shape index (κ1) is 21.3. The predicted molar refractivity (Wildman–Crippen MR) is 117 cm³/mol. The van der Waals surface area contributed by atoms with Crippen molar-refractivity contribution >= 4 is 27.3 Å². The minimum absolute atomic E-state index is 0.0598. The fraction of sp³-hybridized carbons (Fsp3) is 0.409. The third-order valence-corrected chi connectivity index (χ3v) is 7.29. The summed E-state index contributed by atoms with van der Waals surface area (Å²) in [4.78, 5) is 12.7. The van der Waals surface area contributed by atoms with E-state index in [4.69, 9.17) is 0 Å². The van der Waals surface area contributed by atoms with Crippen molar-refractivity contribution in [3.05, 3.63) is 53.6 Å². The molecule has 3 rings (SSSR count). The van der Waals surface area contributed by atoms with Crippen LogP contribution in [0, 0.1) is 6.92 Å². The lowest BCUT2D eigenvalue weighted by molar-refractivity contribution is -0.114. The van der Waals surface area contributed by atoms with Crippen LogP contribution in [0.5, 0.6) is 0 Å². The zero-order valence-corrected chi connectivity index (χ0v) is 17.9. The van der Waals surface area contributed by atoms with Gasteiger partial charge in [0.2, 0.25) is 15.9 Å². The molecule has 1 aliphatic heterocycles.